The summed E-state index contributed by atoms with van der Waals surface area (Å²) in [6.07, 6.45) is 2.68. The summed E-state index contributed by atoms with van der Waals surface area (Å²) < 4.78 is 10.8. The Kier molecular flexibility index (Phi) is 8.57. The van der Waals surface area contributed by atoms with Gasteiger partial charge in [0.15, 0.2) is 11.7 Å². The third kappa shape index (κ3) is 6.22. The molecule has 2 fully saturated rings. The van der Waals surface area contributed by atoms with Gasteiger partial charge >= 0.3 is 0 Å². The lowest BCUT2D eigenvalue weighted by molar-refractivity contribution is 0.0142. The van der Waals surface area contributed by atoms with Gasteiger partial charge in [-0.2, -0.15) is 0 Å². The molecule has 30 heavy (non-hydrogen) atoms. The van der Waals surface area contributed by atoms with E-state index in [4.69, 9.17) is 14.1 Å². The molecule has 0 aliphatic carbocycles. The van der Waals surface area contributed by atoms with Crippen molar-refractivity contribution < 1.29 is 13.9 Å². The maximum atomic E-state index is 12.5. The standard InChI is InChI=1S/C22H37N5O3/c1-4-23-22(24-17-19(16-18(2)3)25-11-14-29-15-12-25)27-9-7-26(8-10-27)21(28)20-6-5-13-30-20/h5-6,13,18-19H,4,7-12,14-17H2,1-3H3,(H,23,24). The number of carbonyl (C=O) groups excluding carboxylic acids is 1. The van der Waals surface area contributed by atoms with Crippen LogP contribution in [-0.4, -0.2) is 98.2 Å². The first-order valence-electron chi connectivity index (χ1n) is 11.3. The Hall–Kier alpha value is -2.06. The Balaban J connectivity index is 1.59. The maximum absolute atomic E-state index is 12.5. The smallest absolute Gasteiger partial charge is 0.289 e. The summed E-state index contributed by atoms with van der Waals surface area (Å²) in [5.41, 5.74) is 0. The van der Waals surface area contributed by atoms with E-state index in [2.05, 4.69) is 35.9 Å². The zero-order valence-corrected chi connectivity index (χ0v) is 18.7. The van der Waals surface area contributed by atoms with Crippen LogP contribution in [-0.2, 0) is 4.74 Å². The van der Waals surface area contributed by atoms with Gasteiger partial charge in [-0.25, -0.2) is 0 Å². The van der Waals surface area contributed by atoms with E-state index in [9.17, 15) is 4.79 Å². The fourth-order valence-corrected chi connectivity index (χ4v) is 4.12. The number of amides is 1. The summed E-state index contributed by atoms with van der Waals surface area (Å²) in [6.45, 7) is 14.7. The van der Waals surface area contributed by atoms with Crippen LogP contribution in [0.5, 0.6) is 0 Å². The van der Waals surface area contributed by atoms with Crippen LogP contribution in [0.15, 0.2) is 27.8 Å². The lowest BCUT2D eigenvalue weighted by Crippen LogP contribution is -2.54. The molecule has 168 valence electrons. The number of guanidine groups is 1. The molecule has 2 aliphatic heterocycles. The molecule has 1 unspecified atom stereocenters. The maximum Gasteiger partial charge on any atom is 0.289 e. The van der Waals surface area contributed by atoms with Crippen molar-refractivity contribution in [1.82, 2.24) is 20.0 Å². The van der Waals surface area contributed by atoms with Crippen LogP contribution in [0.4, 0.5) is 0 Å². The highest BCUT2D eigenvalue weighted by atomic mass is 16.5. The first kappa shape index (κ1) is 22.6. The fourth-order valence-electron chi connectivity index (χ4n) is 4.12. The summed E-state index contributed by atoms with van der Waals surface area (Å²) in [5.74, 6) is 1.95. The molecule has 1 N–H and O–H groups in total. The first-order chi connectivity index (χ1) is 14.6. The second-order valence-corrected chi connectivity index (χ2v) is 8.38. The van der Waals surface area contributed by atoms with Crippen LogP contribution < -0.4 is 5.32 Å². The number of rotatable bonds is 7. The first-order valence-corrected chi connectivity index (χ1v) is 11.3. The Labute approximate surface area is 180 Å². The van der Waals surface area contributed by atoms with Crippen LogP contribution in [0.1, 0.15) is 37.7 Å². The quantitative estimate of drug-likeness (QED) is 0.536. The number of ether oxygens (including phenoxy) is 1. The molecule has 1 aromatic rings. The number of hydrogen-bond acceptors (Lipinski definition) is 5. The number of nitrogens with zero attached hydrogens (tertiary/aromatic N) is 4. The Bertz CT molecular complexity index is 662. The van der Waals surface area contributed by atoms with Gasteiger partial charge in [0.1, 0.15) is 0 Å². The number of aliphatic imine (C=N–C) groups is 1. The molecule has 2 aliphatic rings. The van der Waals surface area contributed by atoms with E-state index in [1.807, 2.05) is 4.90 Å². The van der Waals surface area contributed by atoms with Crippen molar-refractivity contribution in [2.24, 2.45) is 10.9 Å². The summed E-state index contributed by atoms with van der Waals surface area (Å²) in [7, 11) is 0. The zero-order chi connectivity index (χ0) is 21.3. The van der Waals surface area contributed by atoms with Crippen molar-refractivity contribution in [3.05, 3.63) is 24.2 Å². The summed E-state index contributed by atoms with van der Waals surface area (Å²) in [4.78, 5) is 24.2. The number of furan rings is 1. The molecular weight excluding hydrogens is 382 g/mol. The molecule has 3 heterocycles. The average molecular weight is 420 g/mol. The third-order valence-electron chi connectivity index (χ3n) is 5.69. The number of piperazine rings is 1. The van der Waals surface area contributed by atoms with Gasteiger partial charge in [0.25, 0.3) is 5.91 Å². The van der Waals surface area contributed by atoms with Gasteiger partial charge in [0, 0.05) is 51.9 Å². The minimum atomic E-state index is -0.0362. The van der Waals surface area contributed by atoms with Crippen molar-refractivity contribution in [3.63, 3.8) is 0 Å². The molecule has 1 aromatic heterocycles. The summed E-state index contributed by atoms with van der Waals surface area (Å²) in [5, 5.41) is 3.45. The highest BCUT2D eigenvalue weighted by Crippen LogP contribution is 2.15. The van der Waals surface area contributed by atoms with Gasteiger partial charge in [0.2, 0.25) is 0 Å². The van der Waals surface area contributed by atoms with Crippen LogP contribution in [0, 0.1) is 5.92 Å². The molecule has 0 radical (unpaired) electrons. The zero-order valence-electron chi connectivity index (χ0n) is 18.7. The molecule has 0 aromatic carbocycles. The Morgan fingerprint density at radius 2 is 1.83 bits per heavy atom. The normalized spacial score (nSPS) is 19.9. The van der Waals surface area contributed by atoms with E-state index in [1.165, 1.54) is 0 Å². The number of nitrogens with one attached hydrogen (secondary N) is 1. The molecule has 8 heteroatoms. The van der Waals surface area contributed by atoms with E-state index < -0.39 is 0 Å². The van der Waals surface area contributed by atoms with Crippen molar-refractivity contribution in [2.75, 3.05) is 65.6 Å². The van der Waals surface area contributed by atoms with Gasteiger partial charge in [-0.15, -0.1) is 0 Å². The lowest BCUT2D eigenvalue weighted by atomic mass is 10.0. The van der Waals surface area contributed by atoms with Gasteiger partial charge in [-0.3, -0.25) is 14.7 Å². The van der Waals surface area contributed by atoms with E-state index in [0.717, 1.165) is 64.9 Å². The predicted octanol–water partition coefficient (Wildman–Crippen LogP) is 1.75. The van der Waals surface area contributed by atoms with E-state index >= 15 is 0 Å². The second-order valence-electron chi connectivity index (χ2n) is 8.38. The number of morpholine rings is 1. The molecule has 1 atom stereocenters. The van der Waals surface area contributed by atoms with E-state index in [1.54, 1.807) is 18.4 Å². The average Bonchev–Trinajstić information content (AvgIpc) is 3.30. The van der Waals surface area contributed by atoms with Crippen LogP contribution in [0.3, 0.4) is 0 Å². The minimum Gasteiger partial charge on any atom is -0.459 e. The van der Waals surface area contributed by atoms with Crippen LogP contribution in [0.2, 0.25) is 0 Å². The molecule has 0 spiro atoms. The highest BCUT2D eigenvalue weighted by Gasteiger charge is 2.26. The fraction of sp³-hybridized carbons (Fsp3) is 0.727. The second kappa shape index (κ2) is 11.4. The SMILES string of the molecule is CCNC(=NCC(CC(C)C)N1CCOCC1)N1CCN(C(=O)c2ccco2)CC1. The largest absolute Gasteiger partial charge is 0.459 e. The molecule has 0 saturated carbocycles. The van der Waals surface area contributed by atoms with Crippen molar-refractivity contribution in [2.45, 2.75) is 33.2 Å². The van der Waals surface area contributed by atoms with Crippen molar-refractivity contribution in [3.8, 4) is 0 Å². The van der Waals surface area contributed by atoms with Crippen LogP contribution >= 0.6 is 0 Å². The molecule has 8 nitrogen and oxygen atoms in total. The third-order valence-corrected chi connectivity index (χ3v) is 5.69. The van der Waals surface area contributed by atoms with Crippen LogP contribution in [0.25, 0.3) is 0 Å². The molecule has 3 rings (SSSR count). The number of carbonyl (C=O) groups is 1. The Morgan fingerprint density at radius 3 is 2.43 bits per heavy atom. The van der Waals surface area contributed by atoms with Crippen molar-refractivity contribution >= 4 is 11.9 Å². The summed E-state index contributed by atoms with van der Waals surface area (Å²) in [6, 6.07) is 3.91. The van der Waals surface area contributed by atoms with Gasteiger partial charge in [-0.05, 0) is 31.4 Å². The van der Waals surface area contributed by atoms with Crippen molar-refractivity contribution in [1.29, 1.82) is 0 Å². The van der Waals surface area contributed by atoms with E-state index in [-0.39, 0.29) is 5.91 Å². The monoisotopic (exact) mass is 419 g/mol. The molecule has 2 saturated heterocycles. The van der Waals surface area contributed by atoms with Gasteiger partial charge in [0.05, 0.1) is 26.0 Å². The molecule has 0 bridgehead atoms. The number of hydrogen-bond donors (Lipinski definition) is 1. The highest BCUT2D eigenvalue weighted by molar-refractivity contribution is 5.91. The predicted molar refractivity (Wildman–Crippen MR) is 118 cm³/mol. The van der Waals surface area contributed by atoms with Gasteiger partial charge < -0.3 is 24.3 Å². The molecular formula is C22H37N5O3. The Morgan fingerprint density at radius 1 is 1.13 bits per heavy atom. The lowest BCUT2D eigenvalue weighted by Gasteiger charge is -2.37. The van der Waals surface area contributed by atoms with E-state index in [0.29, 0.717) is 30.8 Å². The van der Waals surface area contributed by atoms with Gasteiger partial charge in [-0.1, -0.05) is 13.8 Å². The molecule has 1 amide bonds. The minimum absolute atomic E-state index is 0.0362. The topological polar surface area (TPSA) is 73.6 Å². The summed E-state index contributed by atoms with van der Waals surface area (Å²) >= 11 is 0.